The molecule has 29 heavy (non-hydrogen) atoms. The van der Waals surface area contributed by atoms with Gasteiger partial charge in [-0.15, -0.1) is 11.3 Å². The first-order valence-corrected chi connectivity index (χ1v) is 9.58. The van der Waals surface area contributed by atoms with Crippen LogP contribution in [0.5, 0.6) is 0 Å². The normalized spacial score (nSPS) is 10.9. The van der Waals surface area contributed by atoms with Crippen LogP contribution in [0.2, 0.25) is 0 Å². The van der Waals surface area contributed by atoms with Crippen molar-refractivity contribution >= 4 is 33.3 Å². The highest BCUT2D eigenvalue weighted by molar-refractivity contribution is 7.14. The number of amides is 1. The molecular formula is C20H13N7OS. The Morgan fingerprint density at radius 3 is 2.83 bits per heavy atom. The number of imidazole rings is 1. The van der Waals surface area contributed by atoms with Crippen LogP contribution in [0.4, 0.5) is 5.13 Å². The van der Waals surface area contributed by atoms with Gasteiger partial charge in [-0.1, -0.05) is 12.1 Å². The van der Waals surface area contributed by atoms with Gasteiger partial charge in [0.2, 0.25) is 0 Å². The second kappa shape index (κ2) is 7.21. The first-order chi connectivity index (χ1) is 14.3. The van der Waals surface area contributed by atoms with Crippen molar-refractivity contribution in [2.45, 2.75) is 0 Å². The number of hydrogen-bond acceptors (Lipinski definition) is 7. The summed E-state index contributed by atoms with van der Waals surface area (Å²) in [4.78, 5) is 34.3. The topological polar surface area (TPSA) is 98.5 Å². The highest BCUT2D eigenvalue weighted by Crippen LogP contribution is 2.25. The van der Waals surface area contributed by atoms with Crippen molar-refractivity contribution in [2.75, 3.05) is 5.32 Å². The summed E-state index contributed by atoms with van der Waals surface area (Å²) in [6.45, 7) is 0. The molecule has 0 aromatic carbocycles. The molecule has 5 aromatic heterocycles. The van der Waals surface area contributed by atoms with Gasteiger partial charge in [0.1, 0.15) is 23.5 Å². The van der Waals surface area contributed by atoms with Crippen LogP contribution >= 0.6 is 11.3 Å². The van der Waals surface area contributed by atoms with E-state index in [0.717, 1.165) is 16.6 Å². The third kappa shape index (κ3) is 3.34. The van der Waals surface area contributed by atoms with Gasteiger partial charge in [-0.2, -0.15) is 0 Å². The summed E-state index contributed by atoms with van der Waals surface area (Å²) in [6, 6.07) is 11.3. The maximum atomic E-state index is 12.7. The quantitative estimate of drug-likeness (QED) is 0.496. The molecule has 5 aromatic rings. The summed E-state index contributed by atoms with van der Waals surface area (Å²) in [5, 5.41) is 6.17. The SMILES string of the molecule is O=C(Nc1nc(-c2ccc3ccncc3n2)cs1)c1cncn1-c1ccccn1. The number of rotatable bonds is 4. The molecule has 0 saturated heterocycles. The molecule has 0 unspecified atom stereocenters. The van der Waals surface area contributed by atoms with E-state index in [9.17, 15) is 4.79 Å². The number of anilines is 1. The number of aromatic nitrogens is 6. The minimum Gasteiger partial charge on any atom is -0.296 e. The Labute approximate surface area is 169 Å². The van der Waals surface area contributed by atoms with E-state index in [1.54, 1.807) is 35.6 Å². The van der Waals surface area contributed by atoms with Crippen LogP contribution < -0.4 is 5.32 Å². The predicted molar refractivity (Wildman–Crippen MR) is 110 cm³/mol. The van der Waals surface area contributed by atoms with Gasteiger partial charge in [-0.3, -0.25) is 19.7 Å². The number of nitrogens with zero attached hydrogens (tertiary/aromatic N) is 6. The summed E-state index contributed by atoms with van der Waals surface area (Å²) >= 11 is 1.33. The van der Waals surface area contributed by atoms with E-state index in [4.69, 9.17) is 0 Å². The largest absolute Gasteiger partial charge is 0.296 e. The first kappa shape index (κ1) is 17.1. The number of fused-ring (bicyclic) bond motifs is 1. The first-order valence-electron chi connectivity index (χ1n) is 8.70. The maximum Gasteiger partial charge on any atom is 0.276 e. The van der Waals surface area contributed by atoms with Crippen molar-refractivity contribution < 1.29 is 4.79 Å². The lowest BCUT2D eigenvalue weighted by Gasteiger charge is -2.06. The van der Waals surface area contributed by atoms with Crippen molar-refractivity contribution in [2.24, 2.45) is 0 Å². The molecule has 5 rings (SSSR count). The van der Waals surface area contributed by atoms with Gasteiger partial charge < -0.3 is 0 Å². The van der Waals surface area contributed by atoms with E-state index in [1.165, 1.54) is 17.5 Å². The zero-order valence-corrected chi connectivity index (χ0v) is 15.7. The van der Waals surface area contributed by atoms with Gasteiger partial charge in [-0.05, 0) is 24.3 Å². The van der Waals surface area contributed by atoms with E-state index < -0.39 is 0 Å². The van der Waals surface area contributed by atoms with Gasteiger partial charge in [0.15, 0.2) is 5.13 Å². The van der Waals surface area contributed by atoms with Crippen molar-refractivity contribution in [3.8, 4) is 17.2 Å². The van der Waals surface area contributed by atoms with E-state index in [0.29, 0.717) is 22.3 Å². The highest BCUT2D eigenvalue weighted by Gasteiger charge is 2.16. The van der Waals surface area contributed by atoms with Crippen LogP contribution in [-0.2, 0) is 0 Å². The third-order valence-electron chi connectivity index (χ3n) is 4.25. The summed E-state index contributed by atoms with van der Waals surface area (Å²) in [7, 11) is 0. The molecule has 0 aliphatic heterocycles. The summed E-state index contributed by atoms with van der Waals surface area (Å²) in [5.74, 6) is 0.300. The fourth-order valence-electron chi connectivity index (χ4n) is 2.86. The smallest absolute Gasteiger partial charge is 0.276 e. The molecule has 0 saturated carbocycles. The van der Waals surface area contributed by atoms with Crippen LogP contribution in [-0.4, -0.2) is 35.4 Å². The molecule has 0 aliphatic rings. The second-order valence-corrected chi connectivity index (χ2v) is 6.95. The lowest BCUT2D eigenvalue weighted by Crippen LogP contribution is -2.16. The van der Waals surface area contributed by atoms with E-state index in [2.05, 4.69) is 30.2 Å². The molecule has 1 amide bonds. The van der Waals surface area contributed by atoms with Crippen LogP contribution in [0.25, 0.3) is 28.1 Å². The van der Waals surface area contributed by atoms with Crippen molar-refractivity contribution in [1.82, 2.24) is 29.5 Å². The average Bonchev–Trinajstić information content (AvgIpc) is 3.44. The number of pyridine rings is 3. The monoisotopic (exact) mass is 399 g/mol. The van der Waals surface area contributed by atoms with Gasteiger partial charge in [-0.25, -0.2) is 19.9 Å². The Bertz CT molecular complexity index is 1310. The van der Waals surface area contributed by atoms with Gasteiger partial charge >= 0.3 is 0 Å². The van der Waals surface area contributed by atoms with E-state index in [-0.39, 0.29) is 5.91 Å². The summed E-state index contributed by atoms with van der Waals surface area (Å²) in [5.41, 5.74) is 2.58. The Hall–Kier alpha value is -3.98. The van der Waals surface area contributed by atoms with Crippen LogP contribution in [0.1, 0.15) is 10.5 Å². The Morgan fingerprint density at radius 1 is 0.966 bits per heavy atom. The number of nitrogens with one attached hydrogen (secondary N) is 1. The average molecular weight is 399 g/mol. The fraction of sp³-hybridized carbons (Fsp3) is 0. The molecule has 5 heterocycles. The van der Waals surface area contributed by atoms with Crippen LogP contribution in [0.3, 0.4) is 0 Å². The van der Waals surface area contributed by atoms with Crippen LogP contribution in [0.15, 0.2) is 72.9 Å². The Kier molecular flexibility index (Phi) is 4.26. The third-order valence-corrected chi connectivity index (χ3v) is 5.01. The molecule has 1 N–H and O–H groups in total. The molecule has 0 atom stereocenters. The van der Waals surface area contributed by atoms with Crippen LogP contribution in [0, 0.1) is 0 Å². The standard InChI is InChI=1S/C20H13N7OS/c28-19(17-10-22-12-27(17)18-3-1-2-7-23-18)26-20-25-16(11-29-20)14-5-4-13-6-8-21-9-15(13)24-14/h1-12H,(H,25,26,28). The number of carbonyl (C=O) groups excluding carboxylic acids is 1. The number of thiazole rings is 1. The molecular weight excluding hydrogens is 386 g/mol. The molecule has 0 radical (unpaired) electrons. The van der Waals surface area contributed by atoms with Crippen molar-refractivity contribution in [1.29, 1.82) is 0 Å². The van der Waals surface area contributed by atoms with Crippen molar-refractivity contribution in [3.05, 3.63) is 78.6 Å². The van der Waals surface area contributed by atoms with Crippen molar-refractivity contribution in [3.63, 3.8) is 0 Å². The minimum atomic E-state index is -0.315. The van der Waals surface area contributed by atoms with Gasteiger partial charge in [0.25, 0.3) is 5.91 Å². The van der Waals surface area contributed by atoms with Gasteiger partial charge in [0.05, 0.1) is 23.6 Å². The molecule has 0 aliphatic carbocycles. The molecule has 8 nitrogen and oxygen atoms in total. The lowest BCUT2D eigenvalue weighted by atomic mass is 10.2. The highest BCUT2D eigenvalue weighted by atomic mass is 32.1. The number of carbonyl (C=O) groups is 1. The Balaban J connectivity index is 1.39. The zero-order chi connectivity index (χ0) is 19.6. The lowest BCUT2D eigenvalue weighted by molar-refractivity contribution is 0.102. The van der Waals surface area contributed by atoms with E-state index >= 15 is 0 Å². The maximum absolute atomic E-state index is 12.7. The van der Waals surface area contributed by atoms with Gasteiger partial charge in [0, 0.05) is 23.2 Å². The zero-order valence-electron chi connectivity index (χ0n) is 14.9. The number of hydrogen-bond donors (Lipinski definition) is 1. The Morgan fingerprint density at radius 2 is 1.93 bits per heavy atom. The predicted octanol–water partition coefficient (Wildman–Crippen LogP) is 3.59. The molecule has 140 valence electrons. The molecule has 9 heteroatoms. The minimum absolute atomic E-state index is 0.315. The molecule has 0 fully saturated rings. The summed E-state index contributed by atoms with van der Waals surface area (Å²) < 4.78 is 1.63. The molecule has 0 bridgehead atoms. The summed E-state index contributed by atoms with van der Waals surface area (Å²) in [6.07, 6.45) is 8.16. The fourth-order valence-corrected chi connectivity index (χ4v) is 3.56. The van der Waals surface area contributed by atoms with E-state index in [1.807, 2.05) is 35.7 Å². The molecule has 0 spiro atoms. The second-order valence-electron chi connectivity index (χ2n) is 6.09.